The van der Waals surface area contributed by atoms with Gasteiger partial charge in [-0.15, -0.1) is 0 Å². The molecule has 6 nitrogen and oxygen atoms in total. The van der Waals surface area contributed by atoms with Crippen LogP contribution in [0.2, 0.25) is 0 Å². The van der Waals surface area contributed by atoms with Gasteiger partial charge < -0.3 is 4.98 Å². The van der Waals surface area contributed by atoms with Crippen molar-refractivity contribution < 1.29 is 0 Å². The highest BCUT2D eigenvalue weighted by molar-refractivity contribution is 5.69. The van der Waals surface area contributed by atoms with Crippen molar-refractivity contribution in [1.29, 1.82) is 0 Å². The van der Waals surface area contributed by atoms with Gasteiger partial charge in [-0.05, 0) is 12.8 Å². The number of fused-ring (bicyclic) bond motifs is 1. The second kappa shape index (κ2) is 5.87. The lowest BCUT2D eigenvalue weighted by Gasteiger charge is -2.11. The highest BCUT2D eigenvalue weighted by atomic mass is 16.2. The van der Waals surface area contributed by atoms with Crippen molar-refractivity contribution in [3.8, 4) is 0 Å². The zero-order valence-electron chi connectivity index (χ0n) is 12.4. The highest BCUT2D eigenvalue weighted by Gasteiger charge is 2.17. The Morgan fingerprint density at radius 1 is 1.14 bits per heavy atom. The molecule has 2 aromatic heterocycles. The van der Waals surface area contributed by atoms with E-state index >= 15 is 0 Å². The van der Waals surface area contributed by atoms with Gasteiger partial charge in [0.15, 0.2) is 5.65 Å². The van der Waals surface area contributed by atoms with E-state index in [0.29, 0.717) is 23.6 Å². The Morgan fingerprint density at radius 3 is 2.52 bits per heavy atom. The van der Waals surface area contributed by atoms with Crippen LogP contribution in [0.4, 0.5) is 0 Å². The molecule has 1 aliphatic carbocycles. The van der Waals surface area contributed by atoms with Crippen LogP contribution in [0.5, 0.6) is 0 Å². The molecule has 0 unspecified atom stereocenters. The molecule has 6 heteroatoms. The molecule has 3 rings (SSSR count). The lowest BCUT2D eigenvalue weighted by molar-refractivity contribution is 0.450. The zero-order chi connectivity index (χ0) is 14.8. The Labute approximate surface area is 122 Å². The van der Waals surface area contributed by atoms with Gasteiger partial charge in [0.05, 0.1) is 0 Å². The van der Waals surface area contributed by atoms with Crippen LogP contribution in [-0.4, -0.2) is 19.5 Å². The fraction of sp³-hybridized carbons (Fsp3) is 0.667. The molecule has 1 fully saturated rings. The van der Waals surface area contributed by atoms with E-state index in [9.17, 15) is 9.59 Å². The van der Waals surface area contributed by atoms with Crippen molar-refractivity contribution in [3.63, 3.8) is 0 Å². The topological polar surface area (TPSA) is 83.5 Å². The lowest BCUT2D eigenvalue weighted by Crippen LogP contribution is -2.29. The molecule has 1 aliphatic rings. The third-order valence-electron chi connectivity index (χ3n) is 4.46. The van der Waals surface area contributed by atoms with Gasteiger partial charge in [0.2, 0.25) is 0 Å². The number of hydrogen-bond acceptors (Lipinski definition) is 3. The first kappa shape index (κ1) is 14.1. The van der Waals surface area contributed by atoms with Crippen molar-refractivity contribution in [1.82, 2.24) is 19.5 Å². The van der Waals surface area contributed by atoms with Gasteiger partial charge in [-0.3, -0.25) is 14.3 Å². The minimum atomic E-state index is -0.387. The maximum atomic E-state index is 11.9. The largest absolute Gasteiger partial charge is 0.336 e. The van der Waals surface area contributed by atoms with Crippen molar-refractivity contribution in [2.45, 2.75) is 58.4 Å². The first-order chi connectivity index (χ1) is 10.2. The predicted molar refractivity (Wildman–Crippen MR) is 81.5 cm³/mol. The predicted octanol–water partition coefficient (Wildman–Crippen LogP) is 1.95. The second-order valence-corrected chi connectivity index (χ2v) is 5.95. The molecule has 0 amide bonds. The number of aromatic amines is 2. The molecule has 0 saturated heterocycles. The van der Waals surface area contributed by atoms with Crippen molar-refractivity contribution in [2.24, 2.45) is 5.92 Å². The van der Waals surface area contributed by atoms with E-state index < -0.39 is 0 Å². The van der Waals surface area contributed by atoms with Gasteiger partial charge in [0.25, 0.3) is 5.56 Å². The van der Waals surface area contributed by atoms with Gasteiger partial charge in [0, 0.05) is 13.0 Å². The number of aryl methyl sites for hydroxylation is 1. The molecular weight excluding hydrogens is 268 g/mol. The summed E-state index contributed by atoms with van der Waals surface area (Å²) in [6.07, 6.45) is 8.54. The molecule has 0 bridgehead atoms. The van der Waals surface area contributed by atoms with Crippen LogP contribution in [-0.2, 0) is 13.0 Å². The minimum Gasteiger partial charge on any atom is -0.336 e. The van der Waals surface area contributed by atoms with Gasteiger partial charge in [0.1, 0.15) is 11.3 Å². The maximum Gasteiger partial charge on any atom is 0.330 e. The smallest absolute Gasteiger partial charge is 0.330 e. The van der Waals surface area contributed by atoms with Crippen LogP contribution >= 0.6 is 0 Å². The second-order valence-electron chi connectivity index (χ2n) is 5.95. The van der Waals surface area contributed by atoms with Crippen LogP contribution in [0, 0.1) is 5.92 Å². The molecule has 114 valence electrons. The molecule has 0 spiro atoms. The Kier molecular flexibility index (Phi) is 3.94. The highest BCUT2D eigenvalue weighted by Crippen LogP contribution is 2.25. The number of aromatic nitrogens is 4. The summed E-state index contributed by atoms with van der Waals surface area (Å²) in [5.74, 6) is 1.46. The SMILES string of the molecule is CCn1c(=O)[nH]c(=O)c2[nH]c(CC3CCCCCC3)nc21. The van der Waals surface area contributed by atoms with Gasteiger partial charge in [-0.1, -0.05) is 38.5 Å². The Balaban J connectivity index is 1.95. The molecule has 0 aromatic carbocycles. The van der Waals surface area contributed by atoms with Crippen LogP contribution in [0.25, 0.3) is 11.2 Å². The molecular formula is C15H22N4O2. The maximum absolute atomic E-state index is 11.9. The monoisotopic (exact) mass is 290 g/mol. The molecule has 2 aromatic rings. The Hall–Kier alpha value is -1.85. The fourth-order valence-corrected chi connectivity index (χ4v) is 3.32. The minimum absolute atomic E-state index is 0.376. The Morgan fingerprint density at radius 2 is 1.86 bits per heavy atom. The average molecular weight is 290 g/mol. The van der Waals surface area contributed by atoms with Crippen LogP contribution < -0.4 is 11.2 Å². The summed E-state index contributed by atoms with van der Waals surface area (Å²) in [5, 5.41) is 0. The molecule has 21 heavy (non-hydrogen) atoms. The van der Waals surface area contributed by atoms with Crippen LogP contribution in [0.15, 0.2) is 9.59 Å². The van der Waals surface area contributed by atoms with E-state index in [1.165, 1.54) is 43.1 Å². The zero-order valence-corrected chi connectivity index (χ0v) is 12.4. The third-order valence-corrected chi connectivity index (χ3v) is 4.46. The van der Waals surface area contributed by atoms with Crippen molar-refractivity contribution in [2.75, 3.05) is 0 Å². The molecule has 0 atom stereocenters. The molecule has 2 heterocycles. The van der Waals surface area contributed by atoms with E-state index in [1.807, 2.05) is 6.92 Å². The summed E-state index contributed by atoms with van der Waals surface area (Å²) in [6.45, 7) is 2.37. The van der Waals surface area contributed by atoms with E-state index in [-0.39, 0.29) is 11.2 Å². The number of rotatable bonds is 3. The number of imidazole rings is 1. The summed E-state index contributed by atoms with van der Waals surface area (Å²) in [5.41, 5.74) is 0.136. The standard InChI is InChI=1S/C15H22N4O2/c1-2-19-13-12(14(20)18-15(19)21)16-11(17-13)9-10-7-5-3-4-6-8-10/h10H,2-9H2,1H3,(H,16,17)(H,18,20,21). The third kappa shape index (κ3) is 2.80. The van der Waals surface area contributed by atoms with Gasteiger partial charge in [-0.25, -0.2) is 9.78 Å². The van der Waals surface area contributed by atoms with E-state index in [0.717, 1.165) is 12.2 Å². The van der Waals surface area contributed by atoms with Gasteiger partial charge in [-0.2, -0.15) is 0 Å². The Bertz CT molecular complexity index is 732. The summed E-state index contributed by atoms with van der Waals surface area (Å²) in [6, 6.07) is 0. The molecule has 1 saturated carbocycles. The fourth-order valence-electron chi connectivity index (χ4n) is 3.32. The first-order valence-electron chi connectivity index (χ1n) is 7.90. The number of nitrogens with one attached hydrogen (secondary N) is 2. The number of hydrogen-bond donors (Lipinski definition) is 2. The first-order valence-corrected chi connectivity index (χ1v) is 7.90. The summed E-state index contributed by atoms with van der Waals surface area (Å²) in [4.78, 5) is 33.6. The van der Waals surface area contributed by atoms with Crippen molar-refractivity contribution >= 4 is 11.2 Å². The average Bonchev–Trinajstić information content (AvgIpc) is 2.69. The lowest BCUT2D eigenvalue weighted by atomic mass is 9.96. The van der Waals surface area contributed by atoms with E-state index in [2.05, 4.69) is 15.0 Å². The van der Waals surface area contributed by atoms with E-state index in [1.54, 1.807) is 0 Å². The number of H-pyrrole nitrogens is 2. The van der Waals surface area contributed by atoms with E-state index in [4.69, 9.17) is 0 Å². The quantitative estimate of drug-likeness (QED) is 0.847. The number of nitrogens with zero attached hydrogens (tertiary/aromatic N) is 2. The normalized spacial score (nSPS) is 17.2. The summed E-state index contributed by atoms with van der Waals surface area (Å²) in [7, 11) is 0. The summed E-state index contributed by atoms with van der Waals surface area (Å²) >= 11 is 0. The summed E-state index contributed by atoms with van der Waals surface area (Å²) < 4.78 is 1.50. The molecule has 0 aliphatic heterocycles. The molecule has 2 N–H and O–H groups in total. The van der Waals surface area contributed by atoms with Crippen molar-refractivity contribution in [3.05, 3.63) is 26.7 Å². The van der Waals surface area contributed by atoms with Crippen LogP contribution in [0.3, 0.4) is 0 Å². The van der Waals surface area contributed by atoms with Crippen LogP contribution in [0.1, 0.15) is 51.3 Å². The van der Waals surface area contributed by atoms with Gasteiger partial charge >= 0.3 is 5.69 Å². The molecule has 0 radical (unpaired) electrons.